The van der Waals surface area contributed by atoms with Crippen LogP contribution in [-0.2, 0) is 0 Å². The summed E-state index contributed by atoms with van der Waals surface area (Å²) in [6.07, 6.45) is 1.29. The highest BCUT2D eigenvalue weighted by molar-refractivity contribution is 9.10. The first-order valence-electron chi connectivity index (χ1n) is 3.79. The lowest BCUT2D eigenvalue weighted by molar-refractivity contribution is 0.412. The van der Waals surface area contributed by atoms with Gasteiger partial charge in [-0.05, 0) is 28.1 Å². The van der Waals surface area contributed by atoms with E-state index in [4.69, 9.17) is 10.1 Å². The first kappa shape index (κ1) is 10.1. The summed E-state index contributed by atoms with van der Waals surface area (Å²) < 4.78 is 5.91. The molecular formula is C9H11BrN2O. The molecule has 1 aromatic carbocycles. The zero-order valence-electron chi connectivity index (χ0n) is 7.52. The van der Waals surface area contributed by atoms with Gasteiger partial charge in [-0.15, -0.1) is 0 Å². The van der Waals surface area contributed by atoms with Crippen LogP contribution in [0.2, 0.25) is 0 Å². The minimum absolute atomic E-state index is 0.734. The maximum absolute atomic E-state index is 7.25. The topological polar surface area (TPSA) is 45.1 Å². The van der Waals surface area contributed by atoms with Crippen molar-refractivity contribution in [2.75, 3.05) is 19.5 Å². The van der Waals surface area contributed by atoms with Crippen LogP contribution < -0.4 is 10.1 Å². The molecule has 4 heteroatoms. The van der Waals surface area contributed by atoms with Crippen molar-refractivity contribution in [3.63, 3.8) is 0 Å². The second kappa shape index (κ2) is 4.28. The molecule has 0 aromatic heterocycles. The van der Waals surface area contributed by atoms with E-state index in [1.807, 2.05) is 19.2 Å². The highest BCUT2D eigenvalue weighted by Gasteiger charge is 2.08. The molecule has 0 saturated carbocycles. The van der Waals surface area contributed by atoms with Crippen LogP contribution in [0, 0.1) is 5.41 Å². The smallest absolute Gasteiger partial charge is 0.133 e. The third kappa shape index (κ3) is 1.83. The van der Waals surface area contributed by atoms with Gasteiger partial charge >= 0.3 is 0 Å². The van der Waals surface area contributed by atoms with Crippen LogP contribution in [0.25, 0.3) is 0 Å². The van der Waals surface area contributed by atoms with Crippen LogP contribution in [0.1, 0.15) is 5.56 Å². The predicted octanol–water partition coefficient (Wildman–Crippen LogP) is 2.50. The van der Waals surface area contributed by atoms with Crippen molar-refractivity contribution in [2.24, 2.45) is 0 Å². The monoisotopic (exact) mass is 242 g/mol. The second-order valence-electron chi connectivity index (χ2n) is 2.44. The van der Waals surface area contributed by atoms with E-state index in [9.17, 15) is 0 Å². The third-order valence-corrected chi connectivity index (χ3v) is 2.60. The summed E-state index contributed by atoms with van der Waals surface area (Å²) in [5.74, 6) is 0.734. The van der Waals surface area contributed by atoms with Crippen LogP contribution in [0.15, 0.2) is 16.6 Å². The number of hydrogen-bond donors (Lipinski definition) is 2. The Bertz CT molecular complexity index is 326. The molecule has 0 fully saturated rings. The molecule has 0 aliphatic rings. The zero-order chi connectivity index (χ0) is 9.84. The standard InChI is InChI=1S/C9H11BrN2O/c1-12-7-3-4-8(13-2)9(10)6(7)5-11/h3-5,11-12H,1-2H3. The average molecular weight is 243 g/mol. The van der Waals surface area contributed by atoms with Crippen molar-refractivity contribution >= 4 is 27.8 Å². The van der Waals surface area contributed by atoms with Crippen LogP contribution in [0.4, 0.5) is 5.69 Å². The lowest BCUT2D eigenvalue weighted by Crippen LogP contribution is -1.97. The Morgan fingerprint density at radius 2 is 2.23 bits per heavy atom. The van der Waals surface area contributed by atoms with Gasteiger partial charge in [0.1, 0.15) is 5.75 Å². The minimum atomic E-state index is 0.734. The van der Waals surface area contributed by atoms with Gasteiger partial charge < -0.3 is 15.5 Å². The fraction of sp³-hybridized carbons (Fsp3) is 0.222. The minimum Gasteiger partial charge on any atom is -0.496 e. The molecule has 0 radical (unpaired) electrons. The van der Waals surface area contributed by atoms with Crippen LogP contribution in [0.3, 0.4) is 0 Å². The Kier molecular flexibility index (Phi) is 3.31. The molecule has 0 atom stereocenters. The fourth-order valence-corrected chi connectivity index (χ4v) is 1.71. The quantitative estimate of drug-likeness (QED) is 0.801. The van der Waals surface area contributed by atoms with Crippen molar-refractivity contribution < 1.29 is 4.74 Å². The molecule has 0 amide bonds. The predicted molar refractivity (Wildman–Crippen MR) is 58.1 cm³/mol. The van der Waals surface area contributed by atoms with E-state index in [1.54, 1.807) is 7.11 Å². The van der Waals surface area contributed by atoms with E-state index < -0.39 is 0 Å². The molecule has 0 aliphatic heterocycles. The number of rotatable bonds is 3. The molecule has 70 valence electrons. The molecule has 2 N–H and O–H groups in total. The zero-order valence-corrected chi connectivity index (χ0v) is 9.10. The molecular weight excluding hydrogens is 232 g/mol. The summed E-state index contributed by atoms with van der Waals surface area (Å²) in [7, 11) is 3.42. The number of methoxy groups -OCH3 is 1. The van der Waals surface area contributed by atoms with Gasteiger partial charge in [-0.1, -0.05) is 0 Å². The van der Waals surface area contributed by atoms with Gasteiger partial charge in [-0.2, -0.15) is 0 Å². The van der Waals surface area contributed by atoms with Gasteiger partial charge in [0.05, 0.1) is 11.6 Å². The molecule has 3 nitrogen and oxygen atoms in total. The van der Waals surface area contributed by atoms with Crippen molar-refractivity contribution in [3.05, 3.63) is 22.2 Å². The molecule has 13 heavy (non-hydrogen) atoms. The van der Waals surface area contributed by atoms with E-state index in [-0.39, 0.29) is 0 Å². The van der Waals surface area contributed by atoms with E-state index in [0.717, 1.165) is 21.5 Å². The van der Waals surface area contributed by atoms with Crippen LogP contribution >= 0.6 is 15.9 Å². The fourth-order valence-electron chi connectivity index (χ4n) is 1.09. The van der Waals surface area contributed by atoms with Gasteiger partial charge in [0.2, 0.25) is 0 Å². The van der Waals surface area contributed by atoms with E-state index in [0.29, 0.717) is 0 Å². The van der Waals surface area contributed by atoms with Crippen molar-refractivity contribution in [3.8, 4) is 5.75 Å². The molecule has 0 saturated heterocycles. The molecule has 1 aromatic rings. The number of ether oxygens (including phenoxy) is 1. The summed E-state index contributed by atoms with van der Waals surface area (Å²) in [5, 5.41) is 10.3. The second-order valence-corrected chi connectivity index (χ2v) is 3.23. The number of nitrogens with one attached hydrogen (secondary N) is 2. The summed E-state index contributed by atoms with van der Waals surface area (Å²) in [4.78, 5) is 0. The van der Waals surface area contributed by atoms with E-state index >= 15 is 0 Å². The van der Waals surface area contributed by atoms with Gasteiger partial charge in [-0.3, -0.25) is 0 Å². The first-order chi connectivity index (χ1) is 6.24. The van der Waals surface area contributed by atoms with Gasteiger partial charge in [0.25, 0.3) is 0 Å². The number of benzene rings is 1. The maximum Gasteiger partial charge on any atom is 0.133 e. The molecule has 0 spiro atoms. The normalized spacial score (nSPS) is 9.46. The lowest BCUT2D eigenvalue weighted by atomic mass is 10.2. The Labute approximate surface area is 85.7 Å². The van der Waals surface area contributed by atoms with Crippen molar-refractivity contribution in [1.29, 1.82) is 5.41 Å². The highest BCUT2D eigenvalue weighted by atomic mass is 79.9. The van der Waals surface area contributed by atoms with Crippen LogP contribution in [-0.4, -0.2) is 20.4 Å². The number of anilines is 1. The summed E-state index contributed by atoms with van der Waals surface area (Å²) >= 11 is 3.38. The Hall–Kier alpha value is -1.03. The number of hydrogen-bond acceptors (Lipinski definition) is 3. The van der Waals surface area contributed by atoms with Gasteiger partial charge in [0, 0.05) is 24.5 Å². The number of halogens is 1. The molecule has 0 bridgehead atoms. The van der Waals surface area contributed by atoms with Crippen molar-refractivity contribution in [1.82, 2.24) is 0 Å². The van der Waals surface area contributed by atoms with Crippen LogP contribution in [0.5, 0.6) is 5.75 Å². The molecule has 1 rings (SSSR count). The first-order valence-corrected chi connectivity index (χ1v) is 4.58. The van der Waals surface area contributed by atoms with E-state index in [1.165, 1.54) is 6.21 Å². The summed E-state index contributed by atoms with van der Waals surface area (Å²) in [5.41, 5.74) is 1.70. The molecule has 0 aliphatic carbocycles. The third-order valence-electron chi connectivity index (χ3n) is 1.78. The SMILES string of the molecule is CNc1ccc(OC)c(Br)c1C=N. The van der Waals surface area contributed by atoms with Crippen molar-refractivity contribution in [2.45, 2.75) is 0 Å². The maximum atomic E-state index is 7.25. The lowest BCUT2D eigenvalue weighted by Gasteiger charge is -2.10. The summed E-state index contributed by atoms with van der Waals surface area (Å²) in [6, 6.07) is 3.73. The van der Waals surface area contributed by atoms with E-state index in [2.05, 4.69) is 21.2 Å². The Morgan fingerprint density at radius 1 is 1.54 bits per heavy atom. The largest absolute Gasteiger partial charge is 0.496 e. The van der Waals surface area contributed by atoms with Gasteiger partial charge in [0.15, 0.2) is 0 Å². The average Bonchev–Trinajstić information content (AvgIpc) is 2.17. The van der Waals surface area contributed by atoms with Gasteiger partial charge in [-0.25, -0.2) is 0 Å². The highest BCUT2D eigenvalue weighted by Crippen LogP contribution is 2.32. The summed E-state index contributed by atoms with van der Waals surface area (Å²) in [6.45, 7) is 0. The molecule has 0 unspecified atom stereocenters. The molecule has 0 heterocycles. The Balaban J connectivity index is 3.31. The Morgan fingerprint density at radius 3 is 2.69 bits per heavy atom.